The van der Waals surface area contributed by atoms with Crippen LogP contribution < -0.4 is 0 Å². The number of phenols is 2. The lowest BCUT2D eigenvalue weighted by atomic mass is 9.73. The van der Waals surface area contributed by atoms with Gasteiger partial charge in [-0.2, -0.15) is 0 Å². The van der Waals surface area contributed by atoms with E-state index >= 15 is 0 Å². The van der Waals surface area contributed by atoms with Gasteiger partial charge in [-0.15, -0.1) is 6.58 Å². The number of ketones is 2. The molecule has 2 aromatic rings. The topological polar surface area (TPSA) is 94.8 Å². The highest BCUT2D eigenvalue weighted by Gasteiger charge is 2.41. The lowest BCUT2D eigenvalue weighted by Crippen LogP contribution is -2.36. The SMILES string of the molecule is C=CCC1(O)CCc2c(O)c3c(c(O)c2C1)C(=O)c1ccccc1C3=O. The van der Waals surface area contributed by atoms with E-state index < -0.39 is 17.2 Å². The number of carbonyl (C=O) groups is 2. The fraction of sp³-hybridized carbons (Fsp3) is 0.238. The van der Waals surface area contributed by atoms with Gasteiger partial charge in [-0.05, 0) is 19.3 Å². The van der Waals surface area contributed by atoms with E-state index in [1.807, 2.05) is 0 Å². The second kappa shape index (κ2) is 5.54. The second-order valence-electron chi connectivity index (χ2n) is 7.00. The second-order valence-corrected chi connectivity index (χ2v) is 7.00. The van der Waals surface area contributed by atoms with Crippen molar-refractivity contribution in [3.8, 4) is 11.5 Å². The summed E-state index contributed by atoms with van der Waals surface area (Å²) in [6.45, 7) is 3.64. The van der Waals surface area contributed by atoms with Crippen LogP contribution in [0.15, 0.2) is 36.9 Å². The number of aliphatic hydroxyl groups is 1. The molecule has 0 saturated heterocycles. The summed E-state index contributed by atoms with van der Waals surface area (Å²) in [5, 5.41) is 32.2. The molecule has 1 atom stereocenters. The minimum absolute atomic E-state index is 0.0874. The van der Waals surface area contributed by atoms with Crippen molar-refractivity contribution < 1.29 is 24.9 Å². The zero-order valence-corrected chi connectivity index (χ0v) is 14.1. The largest absolute Gasteiger partial charge is 0.507 e. The van der Waals surface area contributed by atoms with Gasteiger partial charge in [0.25, 0.3) is 0 Å². The number of fused-ring (bicyclic) bond motifs is 3. The summed E-state index contributed by atoms with van der Waals surface area (Å²) in [5.74, 6) is -1.55. The number of aromatic hydroxyl groups is 2. The van der Waals surface area contributed by atoms with Gasteiger partial charge >= 0.3 is 0 Å². The van der Waals surface area contributed by atoms with E-state index in [9.17, 15) is 24.9 Å². The van der Waals surface area contributed by atoms with E-state index in [0.717, 1.165) is 0 Å². The first-order valence-corrected chi connectivity index (χ1v) is 8.49. The summed E-state index contributed by atoms with van der Waals surface area (Å²) in [4.78, 5) is 25.8. The lowest BCUT2D eigenvalue weighted by Gasteiger charge is -2.35. The van der Waals surface area contributed by atoms with Crippen molar-refractivity contribution in [2.24, 2.45) is 0 Å². The van der Waals surface area contributed by atoms with E-state index in [4.69, 9.17) is 0 Å². The Morgan fingerprint density at radius 2 is 1.54 bits per heavy atom. The molecule has 2 aliphatic carbocycles. The Balaban J connectivity index is 1.97. The van der Waals surface area contributed by atoms with Crippen LogP contribution in [0, 0.1) is 0 Å². The average Bonchev–Trinajstić information content (AvgIpc) is 2.62. The van der Waals surface area contributed by atoms with Crippen LogP contribution in [-0.4, -0.2) is 32.5 Å². The molecule has 4 rings (SSSR count). The van der Waals surface area contributed by atoms with Gasteiger partial charge in [-0.1, -0.05) is 30.3 Å². The Hall–Kier alpha value is -2.92. The van der Waals surface area contributed by atoms with Gasteiger partial charge in [0.2, 0.25) is 0 Å². The van der Waals surface area contributed by atoms with Gasteiger partial charge in [-0.25, -0.2) is 0 Å². The van der Waals surface area contributed by atoms with Crippen LogP contribution in [-0.2, 0) is 12.8 Å². The van der Waals surface area contributed by atoms with Crippen molar-refractivity contribution in [3.63, 3.8) is 0 Å². The van der Waals surface area contributed by atoms with E-state index in [1.54, 1.807) is 18.2 Å². The van der Waals surface area contributed by atoms with Crippen LogP contribution in [0.1, 0.15) is 55.8 Å². The Bertz CT molecular complexity index is 988. The summed E-state index contributed by atoms with van der Waals surface area (Å²) in [6.07, 6.45) is 2.70. The summed E-state index contributed by atoms with van der Waals surface area (Å²) in [5.41, 5.74) is -0.220. The molecule has 0 aromatic heterocycles. The van der Waals surface area contributed by atoms with Crippen molar-refractivity contribution in [1.29, 1.82) is 0 Å². The highest BCUT2D eigenvalue weighted by atomic mass is 16.3. The standard InChI is InChI=1S/C21H18O5/c1-2-8-21(26)9-7-13-14(10-21)20(25)16-15(19(13)24)17(22)11-5-3-4-6-12(11)18(16)23/h2-6,24-26H,1,7-10H2. The normalized spacial score (nSPS) is 21.0. The molecule has 0 aliphatic heterocycles. The molecule has 0 fully saturated rings. The van der Waals surface area contributed by atoms with Crippen molar-refractivity contribution >= 4 is 11.6 Å². The molecule has 0 bridgehead atoms. The summed E-state index contributed by atoms with van der Waals surface area (Å²) in [6, 6.07) is 6.37. The first-order chi connectivity index (χ1) is 12.4. The van der Waals surface area contributed by atoms with Crippen LogP contribution in [0.4, 0.5) is 0 Å². The Morgan fingerprint density at radius 1 is 1.00 bits per heavy atom. The molecule has 0 spiro atoms. The molecule has 2 aliphatic rings. The Kier molecular flexibility index (Phi) is 3.53. The molecule has 26 heavy (non-hydrogen) atoms. The Morgan fingerprint density at radius 3 is 2.08 bits per heavy atom. The smallest absolute Gasteiger partial charge is 0.198 e. The number of benzene rings is 2. The Labute approximate surface area is 150 Å². The minimum Gasteiger partial charge on any atom is -0.507 e. The molecular weight excluding hydrogens is 332 g/mol. The van der Waals surface area contributed by atoms with E-state index in [1.165, 1.54) is 12.1 Å². The van der Waals surface area contributed by atoms with Crippen LogP contribution in [0.25, 0.3) is 0 Å². The van der Waals surface area contributed by atoms with Gasteiger partial charge in [0.1, 0.15) is 11.5 Å². The average molecular weight is 350 g/mol. The van der Waals surface area contributed by atoms with Crippen LogP contribution in [0.3, 0.4) is 0 Å². The third-order valence-corrected chi connectivity index (χ3v) is 5.40. The van der Waals surface area contributed by atoms with Crippen molar-refractivity contribution in [3.05, 3.63) is 70.3 Å². The maximum Gasteiger partial charge on any atom is 0.198 e. The summed E-state index contributed by atoms with van der Waals surface area (Å²) in [7, 11) is 0. The van der Waals surface area contributed by atoms with E-state index in [2.05, 4.69) is 6.58 Å². The zero-order chi connectivity index (χ0) is 18.6. The number of hydrogen-bond donors (Lipinski definition) is 3. The monoisotopic (exact) mass is 350 g/mol. The van der Waals surface area contributed by atoms with Gasteiger partial charge in [0.15, 0.2) is 11.6 Å². The highest BCUT2D eigenvalue weighted by molar-refractivity contribution is 6.30. The molecule has 5 heteroatoms. The van der Waals surface area contributed by atoms with Crippen LogP contribution >= 0.6 is 0 Å². The maximum atomic E-state index is 12.9. The predicted octanol–water partition coefficient (Wildman–Crippen LogP) is 2.67. The van der Waals surface area contributed by atoms with Crippen molar-refractivity contribution in [2.45, 2.75) is 31.3 Å². The van der Waals surface area contributed by atoms with Gasteiger partial charge in [0, 0.05) is 28.7 Å². The molecule has 132 valence electrons. The van der Waals surface area contributed by atoms with Crippen LogP contribution in [0.2, 0.25) is 0 Å². The fourth-order valence-corrected chi connectivity index (χ4v) is 4.09. The minimum atomic E-state index is -1.09. The van der Waals surface area contributed by atoms with Crippen molar-refractivity contribution in [2.75, 3.05) is 0 Å². The highest BCUT2D eigenvalue weighted by Crippen LogP contribution is 2.47. The molecule has 1 unspecified atom stereocenters. The molecule has 0 saturated carbocycles. The molecule has 0 radical (unpaired) electrons. The van der Waals surface area contributed by atoms with E-state index in [0.29, 0.717) is 30.4 Å². The molecule has 5 nitrogen and oxygen atoms in total. The number of phenolic OH excluding ortho intramolecular Hbond substituents is 2. The quantitative estimate of drug-likeness (QED) is 0.488. The number of hydrogen-bond acceptors (Lipinski definition) is 5. The number of carbonyl (C=O) groups excluding carboxylic acids is 2. The first-order valence-electron chi connectivity index (χ1n) is 8.49. The number of rotatable bonds is 2. The van der Waals surface area contributed by atoms with Gasteiger partial charge < -0.3 is 15.3 Å². The molecule has 3 N–H and O–H groups in total. The molecule has 2 aromatic carbocycles. The summed E-state index contributed by atoms with van der Waals surface area (Å²) >= 11 is 0. The predicted molar refractivity (Wildman–Crippen MR) is 94.9 cm³/mol. The fourth-order valence-electron chi connectivity index (χ4n) is 4.09. The molecule has 0 amide bonds. The molecular formula is C21H18O5. The van der Waals surface area contributed by atoms with Gasteiger partial charge in [0.05, 0.1) is 16.7 Å². The van der Waals surface area contributed by atoms with Gasteiger partial charge in [-0.3, -0.25) is 9.59 Å². The summed E-state index contributed by atoms with van der Waals surface area (Å²) < 4.78 is 0. The third-order valence-electron chi connectivity index (χ3n) is 5.40. The lowest BCUT2D eigenvalue weighted by molar-refractivity contribution is 0.0283. The van der Waals surface area contributed by atoms with E-state index in [-0.39, 0.29) is 40.2 Å². The zero-order valence-electron chi connectivity index (χ0n) is 14.1. The molecule has 0 heterocycles. The first kappa shape index (κ1) is 16.5. The van der Waals surface area contributed by atoms with Crippen molar-refractivity contribution in [1.82, 2.24) is 0 Å². The third kappa shape index (κ3) is 2.14. The maximum absolute atomic E-state index is 12.9. The van der Waals surface area contributed by atoms with Crippen LogP contribution in [0.5, 0.6) is 11.5 Å².